The number of fused-ring (bicyclic) bond motifs is 4. The van der Waals surface area contributed by atoms with Gasteiger partial charge in [0, 0.05) is 17.5 Å². The standard InChI is InChI=1S/C23H22ClN3O4/c24-16-10-14-11-17(21(29)25-12-13-5-4-6-15(28)9-13)31-20(14)18-19(16)26-22(30)27-23(18)7-2-1-3-8-23/h4-6,9-11,28H,1-3,7-8,12H2,(H,25,29)(H2,26,27,30). The van der Waals surface area contributed by atoms with Gasteiger partial charge >= 0.3 is 6.03 Å². The van der Waals surface area contributed by atoms with Crippen molar-refractivity contribution in [3.05, 3.63) is 58.3 Å². The van der Waals surface area contributed by atoms with E-state index < -0.39 is 5.54 Å². The van der Waals surface area contributed by atoms with Gasteiger partial charge in [0.15, 0.2) is 5.76 Å². The molecule has 0 unspecified atom stereocenters. The topological polar surface area (TPSA) is 104 Å². The van der Waals surface area contributed by atoms with Crippen LogP contribution in [0.15, 0.2) is 40.8 Å². The number of halogens is 1. The molecule has 3 amide bonds. The number of phenols is 1. The molecule has 2 heterocycles. The van der Waals surface area contributed by atoms with Gasteiger partial charge in [-0.15, -0.1) is 0 Å². The van der Waals surface area contributed by atoms with Crippen LogP contribution in [0.1, 0.15) is 53.8 Å². The number of nitrogens with one attached hydrogen (secondary N) is 3. The van der Waals surface area contributed by atoms with E-state index in [1.807, 2.05) is 6.07 Å². The molecule has 3 aromatic rings. The first kappa shape index (κ1) is 19.8. The summed E-state index contributed by atoms with van der Waals surface area (Å²) in [6.07, 6.45) is 4.69. The summed E-state index contributed by atoms with van der Waals surface area (Å²) in [5, 5.41) is 19.5. The summed E-state index contributed by atoms with van der Waals surface area (Å²) in [6.45, 7) is 0.255. The number of carbonyl (C=O) groups excluding carboxylic acids is 2. The maximum atomic E-state index is 12.8. The van der Waals surface area contributed by atoms with E-state index in [0.717, 1.165) is 43.2 Å². The SMILES string of the molecule is O=C1Nc2c(Cl)cc3cc(C(=O)NCc4cccc(O)c4)oc3c2C2(CCCCC2)N1. The fourth-order valence-electron chi connectivity index (χ4n) is 4.73. The van der Waals surface area contributed by atoms with E-state index in [1.54, 1.807) is 30.3 Å². The summed E-state index contributed by atoms with van der Waals surface area (Å²) in [5.74, 6) is -0.0542. The lowest BCUT2D eigenvalue weighted by Gasteiger charge is -2.42. The maximum absolute atomic E-state index is 12.8. The van der Waals surface area contributed by atoms with Gasteiger partial charge in [0.1, 0.15) is 11.3 Å². The predicted octanol–water partition coefficient (Wildman–Crippen LogP) is 5.02. The summed E-state index contributed by atoms with van der Waals surface area (Å²) < 4.78 is 6.05. The molecule has 4 N–H and O–H groups in total. The van der Waals surface area contributed by atoms with Gasteiger partial charge in [0.2, 0.25) is 0 Å². The van der Waals surface area contributed by atoms with Gasteiger partial charge in [-0.1, -0.05) is 43.0 Å². The van der Waals surface area contributed by atoms with Crippen LogP contribution in [0, 0.1) is 0 Å². The van der Waals surface area contributed by atoms with Crippen LogP contribution in [0.4, 0.5) is 10.5 Å². The molecule has 160 valence electrons. The van der Waals surface area contributed by atoms with Crippen LogP contribution in [0.25, 0.3) is 11.0 Å². The second-order valence-corrected chi connectivity index (χ2v) is 8.62. The van der Waals surface area contributed by atoms with E-state index in [1.165, 1.54) is 0 Å². The number of furan rings is 1. The van der Waals surface area contributed by atoms with Crippen LogP contribution in [0.2, 0.25) is 5.02 Å². The number of urea groups is 1. The van der Waals surface area contributed by atoms with E-state index in [-0.39, 0.29) is 30.0 Å². The van der Waals surface area contributed by atoms with Crippen molar-refractivity contribution in [2.75, 3.05) is 5.32 Å². The fourth-order valence-corrected chi connectivity index (χ4v) is 4.99. The second kappa shape index (κ2) is 7.50. The van der Waals surface area contributed by atoms with Gasteiger partial charge in [0.25, 0.3) is 5.91 Å². The first-order chi connectivity index (χ1) is 14.9. The lowest BCUT2D eigenvalue weighted by Crippen LogP contribution is -2.52. The van der Waals surface area contributed by atoms with Crippen molar-refractivity contribution in [3.8, 4) is 5.75 Å². The summed E-state index contributed by atoms with van der Waals surface area (Å²) >= 11 is 6.53. The molecule has 1 saturated carbocycles. The lowest BCUT2D eigenvalue weighted by atomic mass is 9.74. The minimum absolute atomic E-state index is 0.143. The zero-order chi connectivity index (χ0) is 21.6. The Morgan fingerprint density at radius 1 is 1.19 bits per heavy atom. The summed E-state index contributed by atoms with van der Waals surface area (Å²) in [4.78, 5) is 25.1. The minimum atomic E-state index is -0.549. The number of anilines is 1. The molecule has 1 fully saturated rings. The molecule has 0 bridgehead atoms. The van der Waals surface area contributed by atoms with Crippen LogP contribution in [0.3, 0.4) is 0 Å². The molecule has 0 atom stereocenters. The molecule has 1 aliphatic heterocycles. The van der Waals surface area contributed by atoms with Crippen LogP contribution in [-0.4, -0.2) is 17.0 Å². The highest BCUT2D eigenvalue weighted by molar-refractivity contribution is 6.35. The highest BCUT2D eigenvalue weighted by Gasteiger charge is 2.43. The Morgan fingerprint density at radius 2 is 2.00 bits per heavy atom. The maximum Gasteiger partial charge on any atom is 0.319 e. The molecular weight excluding hydrogens is 418 g/mol. The molecule has 2 aliphatic rings. The Kier molecular flexibility index (Phi) is 4.78. The third-order valence-corrected chi connectivity index (χ3v) is 6.42. The molecule has 0 saturated heterocycles. The number of hydrogen-bond acceptors (Lipinski definition) is 4. The predicted molar refractivity (Wildman–Crippen MR) is 117 cm³/mol. The van der Waals surface area contributed by atoms with Crippen molar-refractivity contribution in [3.63, 3.8) is 0 Å². The summed E-state index contributed by atoms with van der Waals surface area (Å²) in [7, 11) is 0. The van der Waals surface area contributed by atoms with E-state index in [9.17, 15) is 14.7 Å². The number of rotatable bonds is 3. The van der Waals surface area contributed by atoms with Crippen LogP contribution < -0.4 is 16.0 Å². The van der Waals surface area contributed by atoms with Gasteiger partial charge in [-0.25, -0.2) is 4.79 Å². The largest absolute Gasteiger partial charge is 0.508 e. The van der Waals surface area contributed by atoms with Gasteiger partial charge in [-0.2, -0.15) is 0 Å². The molecule has 0 radical (unpaired) electrons. The quantitative estimate of drug-likeness (QED) is 0.460. The first-order valence-corrected chi connectivity index (χ1v) is 10.7. The van der Waals surface area contributed by atoms with Crippen LogP contribution in [0.5, 0.6) is 5.75 Å². The smallest absolute Gasteiger partial charge is 0.319 e. The number of phenolic OH excluding ortho intramolecular Hbond substituents is 1. The molecule has 5 rings (SSSR count). The molecular formula is C23H22ClN3O4. The number of amides is 3. The number of benzene rings is 2. The lowest BCUT2D eigenvalue weighted by molar-refractivity contribution is 0.0925. The first-order valence-electron chi connectivity index (χ1n) is 10.4. The average molecular weight is 440 g/mol. The average Bonchev–Trinajstić information content (AvgIpc) is 3.16. The summed E-state index contributed by atoms with van der Waals surface area (Å²) in [5.41, 5.74) is 2.17. The Labute approximate surface area is 183 Å². The van der Waals surface area contributed by atoms with Crippen molar-refractivity contribution in [2.45, 2.75) is 44.2 Å². The van der Waals surface area contributed by atoms with Crippen molar-refractivity contribution in [2.24, 2.45) is 0 Å². The van der Waals surface area contributed by atoms with E-state index in [4.69, 9.17) is 16.0 Å². The third kappa shape index (κ3) is 3.49. The number of carbonyl (C=O) groups is 2. The van der Waals surface area contributed by atoms with E-state index in [2.05, 4.69) is 16.0 Å². The zero-order valence-corrected chi connectivity index (χ0v) is 17.5. The van der Waals surface area contributed by atoms with Crippen molar-refractivity contribution in [1.29, 1.82) is 0 Å². The van der Waals surface area contributed by atoms with Crippen LogP contribution in [-0.2, 0) is 12.1 Å². The van der Waals surface area contributed by atoms with Crippen molar-refractivity contribution < 1.29 is 19.1 Å². The normalized spacial score (nSPS) is 17.1. The van der Waals surface area contributed by atoms with E-state index >= 15 is 0 Å². The Balaban J connectivity index is 1.52. The van der Waals surface area contributed by atoms with Crippen molar-refractivity contribution >= 4 is 40.2 Å². The van der Waals surface area contributed by atoms with E-state index in [0.29, 0.717) is 21.7 Å². The van der Waals surface area contributed by atoms with Crippen molar-refractivity contribution in [1.82, 2.24) is 10.6 Å². The number of aromatic hydroxyl groups is 1. The molecule has 7 nitrogen and oxygen atoms in total. The highest BCUT2D eigenvalue weighted by Crippen LogP contribution is 2.48. The second-order valence-electron chi connectivity index (χ2n) is 8.21. The Bertz CT molecular complexity index is 1200. The number of hydrogen-bond donors (Lipinski definition) is 4. The molecule has 8 heteroatoms. The van der Waals surface area contributed by atoms with Gasteiger partial charge < -0.3 is 25.5 Å². The molecule has 1 spiro atoms. The summed E-state index contributed by atoms with van der Waals surface area (Å²) in [6, 6.07) is 9.82. The van der Waals surface area contributed by atoms with Gasteiger partial charge in [0.05, 0.1) is 16.2 Å². The molecule has 2 aromatic carbocycles. The zero-order valence-electron chi connectivity index (χ0n) is 16.8. The molecule has 1 aromatic heterocycles. The van der Waals surface area contributed by atoms with Gasteiger partial charge in [-0.05, 0) is 42.7 Å². The van der Waals surface area contributed by atoms with Crippen LogP contribution >= 0.6 is 11.6 Å². The molecule has 1 aliphatic carbocycles. The molecule has 31 heavy (non-hydrogen) atoms. The highest BCUT2D eigenvalue weighted by atomic mass is 35.5. The minimum Gasteiger partial charge on any atom is -0.508 e. The third-order valence-electron chi connectivity index (χ3n) is 6.12. The van der Waals surface area contributed by atoms with Gasteiger partial charge in [-0.3, -0.25) is 4.79 Å². The fraction of sp³-hybridized carbons (Fsp3) is 0.304. The Morgan fingerprint density at radius 3 is 2.77 bits per heavy atom. The monoisotopic (exact) mass is 439 g/mol. The Hall–Kier alpha value is -3.19.